The van der Waals surface area contributed by atoms with Crippen LogP contribution in [0.5, 0.6) is 5.75 Å². The van der Waals surface area contributed by atoms with Crippen LogP contribution in [-0.2, 0) is 13.1 Å². The highest BCUT2D eigenvalue weighted by atomic mass is 16.5. The van der Waals surface area contributed by atoms with E-state index in [0.717, 1.165) is 42.2 Å². The van der Waals surface area contributed by atoms with Crippen molar-refractivity contribution in [3.8, 4) is 5.75 Å². The first kappa shape index (κ1) is 14.6. The Labute approximate surface area is 120 Å². The molecule has 1 N–H and O–H groups in total. The SMILES string of the molecule is C=CCn1c(CNCCCC)nc2cc(OC)ccc21. The summed E-state index contributed by atoms with van der Waals surface area (Å²) in [6.07, 6.45) is 4.30. The van der Waals surface area contributed by atoms with E-state index < -0.39 is 0 Å². The number of nitrogens with one attached hydrogen (secondary N) is 1. The van der Waals surface area contributed by atoms with Crippen molar-refractivity contribution in [2.75, 3.05) is 13.7 Å². The van der Waals surface area contributed by atoms with Gasteiger partial charge in [0.1, 0.15) is 11.6 Å². The third kappa shape index (κ3) is 3.20. The minimum absolute atomic E-state index is 0.771. The molecule has 1 aromatic heterocycles. The van der Waals surface area contributed by atoms with E-state index in [9.17, 15) is 0 Å². The zero-order valence-corrected chi connectivity index (χ0v) is 12.4. The smallest absolute Gasteiger partial charge is 0.124 e. The van der Waals surface area contributed by atoms with Crippen LogP contribution in [0.4, 0.5) is 0 Å². The topological polar surface area (TPSA) is 39.1 Å². The Balaban J connectivity index is 2.26. The second-order valence-electron chi connectivity index (χ2n) is 4.81. The molecule has 0 aliphatic rings. The van der Waals surface area contributed by atoms with Crippen LogP contribution in [0.15, 0.2) is 30.9 Å². The number of benzene rings is 1. The number of ether oxygens (including phenoxy) is 1. The molecule has 0 aliphatic carbocycles. The van der Waals surface area contributed by atoms with Gasteiger partial charge in [-0.1, -0.05) is 19.4 Å². The fourth-order valence-electron chi connectivity index (χ4n) is 2.26. The van der Waals surface area contributed by atoms with E-state index in [1.54, 1.807) is 7.11 Å². The predicted molar refractivity (Wildman–Crippen MR) is 83.1 cm³/mol. The summed E-state index contributed by atoms with van der Waals surface area (Å²) in [5.41, 5.74) is 2.09. The van der Waals surface area contributed by atoms with Gasteiger partial charge in [-0.2, -0.15) is 0 Å². The molecule has 0 bridgehead atoms. The highest BCUT2D eigenvalue weighted by molar-refractivity contribution is 5.77. The molecule has 4 nitrogen and oxygen atoms in total. The van der Waals surface area contributed by atoms with Gasteiger partial charge in [0.25, 0.3) is 0 Å². The van der Waals surface area contributed by atoms with Gasteiger partial charge in [-0.05, 0) is 25.1 Å². The molecular formula is C16H23N3O. The molecule has 0 fully saturated rings. The Hall–Kier alpha value is -1.81. The van der Waals surface area contributed by atoms with Crippen LogP contribution in [0, 0.1) is 0 Å². The van der Waals surface area contributed by atoms with Crippen LogP contribution in [-0.4, -0.2) is 23.2 Å². The first-order valence-corrected chi connectivity index (χ1v) is 7.15. The number of rotatable bonds is 8. The van der Waals surface area contributed by atoms with Gasteiger partial charge in [-0.15, -0.1) is 6.58 Å². The second-order valence-corrected chi connectivity index (χ2v) is 4.81. The van der Waals surface area contributed by atoms with Gasteiger partial charge in [-0.3, -0.25) is 0 Å². The summed E-state index contributed by atoms with van der Waals surface area (Å²) in [6.45, 7) is 8.61. The van der Waals surface area contributed by atoms with Crippen molar-refractivity contribution in [3.63, 3.8) is 0 Å². The number of nitrogens with zero attached hydrogens (tertiary/aromatic N) is 2. The average Bonchev–Trinajstić information content (AvgIpc) is 2.81. The third-order valence-electron chi connectivity index (χ3n) is 3.34. The number of imidazole rings is 1. The van der Waals surface area contributed by atoms with Crippen LogP contribution in [0.3, 0.4) is 0 Å². The lowest BCUT2D eigenvalue weighted by Crippen LogP contribution is -2.18. The lowest BCUT2D eigenvalue weighted by atomic mass is 10.3. The van der Waals surface area contributed by atoms with Gasteiger partial charge in [0.15, 0.2) is 0 Å². The van der Waals surface area contributed by atoms with Crippen molar-refractivity contribution >= 4 is 11.0 Å². The van der Waals surface area contributed by atoms with Crippen molar-refractivity contribution in [1.82, 2.24) is 14.9 Å². The summed E-state index contributed by atoms with van der Waals surface area (Å²) in [7, 11) is 1.68. The van der Waals surface area contributed by atoms with Crippen molar-refractivity contribution < 1.29 is 4.74 Å². The Morgan fingerprint density at radius 3 is 3.00 bits per heavy atom. The first-order valence-electron chi connectivity index (χ1n) is 7.15. The molecule has 0 amide bonds. The normalized spacial score (nSPS) is 10.9. The highest BCUT2D eigenvalue weighted by Crippen LogP contribution is 2.22. The van der Waals surface area contributed by atoms with Crippen LogP contribution in [0.25, 0.3) is 11.0 Å². The number of hydrogen-bond acceptors (Lipinski definition) is 3. The molecule has 2 rings (SSSR count). The summed E-state index contributed by atoms with van der Waals surface area (Å²) < 4.78 is 7.45. The van der Waals surface area contributed by atoms with Gasteiger partial charge in [-0.25, -0.2) is 4.98 Å². The molecule has 1 aromatic carbocycles. The number of unbranched alkanes of at least 4 members (excludes halogenated alkanes) is 1. The van der Waals surface area contributed by atoms with E-state index in [1.165, 1.54) is 12.8 Å². The van der Waals surface area contributed by atoms with Crippen molar-refractivity contribution in [1.29, 1.82) is 0 Å². The summed E-state index contributed by atoms with van der Waals surface area (Å²) in [5, 5.41) is 3.44. The van der Waals surface area contributed by atoms with Crippen LogP contribution in [0.1, 0.15) is 25.6 Å². The molecule has 1 heterocycles. The van der Waals surface area contributed by atoms with E-state index >= 15 is 0 Å². The van der Waals surface area contributed by atoms with Gasteiger partial charge in [0.05, 0.1) is 24.7 Å². The maximum absolute atomic E-state index is 5.26. The number of hydrogen-bond donors (Lipinski definition) is 1. The van der Waals surface area contributed by atoms with E-state index in [4.69, 9.17) is 9.72 Å². The van der Waals surface area contributed by atoms with Crippen LogP contribution in [0.2, 0.25) is 0 Å². The molecule has 2 aromatic rings. The molecular weight excluding hydrogens is 250 g/mol. The number of fused-ring (bicyclic) bond motifs is 1. The predicted octanol–water partition coefficient (Wildman–Crippen LogP) is 3.12. The van der Waals surface area contributed by atoms with Crippen molar-refractivity contribution in [3.05, 3.63) is 36.7 Å². The molecule has 20 heavy (non-hydrogen) atoms. The molecule has 0 spiro atoms. The quantitative estimate of drug-likeness (QED) is 0.593. The maximum atomic E-state index is 5.26. The van der Waals surface area contributed by atoms with Gasteiger partial charge >= 0.3 is 0 Å². The molecule has 0 unspecified atom stereocenters. The molecule has 0 saturated heterocycles. The number of allylic oxidation sites excluding steroid dienone is 1. The van der Waals surface area contributed by atoms with Crippen molar-refractivity contribution in [2.24, 2.45) is 0 Å². The van der Waals surface area contributed by atoms with Crippen molar-refractivity contribution in [2.45, 2.75) is 32.9 Å². The Bertz CT molecular complexity index is 574. The fourth-order valence-corrected chi connectivity index (χ4v) is 2.26. The zero-order chi connectivity index (χ0) is 14.4. The highest BCUT2D eigenvalue weighted by Gasteiger charge is 2.10. The minimum atomic E-state index is 0.771. The average molecular weight is 273 g/mol. The van der Waals surface area contributed by atoms with Crippen LogP contribution < -0.4 is 10.1 Å². The molecule has 0 aliphatic heterocycles. The molecule has 108 valence electrons. The lowest BCUT2D eigenvalue weighted by molar-refractivity contribution is 0.415. The summed E-state index contributed by atoms with van der Waals surface area (Å²) in [5.74, 6) is 1.88. The Morgan fingerprint density at radius 2 is 2.30 bits per heavy atom. The molecule has 0 atom stereocenters. The maximum Gasteiger partial charge on any atom is 0.124 e. The van der Waals surface area contributed by atoms with Crippen LogP contribution >= 0.6 is 0 Å². The standard InChI is InChI=1S/C16H23N3O/c1-4-6-9-17-12-16-18-14-11-13(20-3)7-8-15(14)19(16)10-5-2/h5,7-8,11,17H,2,4,6,9-10,12H2,1,3H3. The molecule has 4 heteroatoms. The van der Waals surface area contributed by atoms with E-state index in [1.807, 2.05) is 18.2 Å². The summed E-state index contributed by atoms with van der Waals surface area (Å²) in [6, 6.07) is 6.00. The Morgan fingerprint density at radius 1 is 1.45 bits per heavy atom. The third-order valence-corrected chi connectivity index (χ3v) is 3.34. The van der Waals surface area contributed by atoms with Gasteiger partial charge in [0, 0.05) is 12.6 Å². The van der Waals surface area contributed by atoms with Gasteiger partial charge < -0.3 is 14.6 Å². The number of methoxy groups -OCH3 is 1. The first-order chi connectivity index (χ1) is 9.80. The van der Waals surface area contributed by atoms with E-state index in [0.29, 0.717) is 0 Å². The second kappa shape index (κ2) is 7.10. The summed E-state index contributed by atoms with van der Waals surface area (Å²) in [4.78, 5) is 4.71. The van der Waals surface area contributed by atoms with E-state index in [2.05, 4.69) is 29.5 Å². The van der Waals surface area contributed by atoms with E-state index in [-0.39, 0.29) is 0 Å². The summed E-state index contributed by atoms with van der Waals surface area (Å²) >= 11 is 0. The number of aromatic nitrogens is 2. The molecule has 0 saturated carbocycles. The fraction of sp³-hybridized carbons (Fsp3) is 0.438. The Kier molecular flexibility index (Phi) is 5.18. The zero-order valence-electron chi connectivity index (χ0n) is 12.4. The monoisotopic (exact) mass is 273 g/mol. The molecule has 0 radical (unpaired) electrons. The lowest BCUT2D eigenvalue weighted by Gasteiger charge is -2.07. The largest absolute Gasteiger partial charge is 0.497 e. The van der Waals surface area contributed by atoms with Gasteiger partial charge in [0.2, 0.25) is 0 Å². The minimum Gasteiger partial charge on any atom is -0.497 e.